The van der Waals surface area contributed by atoms with Gasteiger partial charge in [0, 0.05) is 24.2 Å². The van der Waals surface area contributed by atoms with Crippen molar-refractivity contribution in [3.63, 3.8) is 0 Å². The van der Waals surface area contributed by atoms with Gasteiger partial charge in [0.05, 0.1) is 11.6 Å². The second kappa shape index (κ2) is 6.10. The molecule has 0 N–H and O–H groups in total. The minimum absolute atomic E-state index is 0.152. The molecule has 1 aromatic carbocycles. The van der Waals surface area contributed by atoms with Gasteiger partial charge >= 0.3 is 0 Å². The van der Waals surface area contributed by atoms with Crippen LogP contribution >= 0.6 is 11.6 Å². The minimum Gasteiger partial charge on any atom is -0.322 e. The summed E-state index contributed by atoms with van der Waals surface area (Å²) in [6.07, 6.45) is 4.39. The van der Waals surface area contributed by atoms with Gasteiger partial charge in [0.1, 0.15) is 17.7 Å². The van der Waals surface area contributed by atoms with Crippen molar-refractivity contribution in [2.45, 2.75) is 6.54 Å². The van der Waals surface area contributed by atoms with Crippen molar-refractivity contribution in [3.8, 4) is 17.5 Å². The standard InChI is InChI=1S/C15H8ClF2N5/c16-10-5-20-14(21-6-10)8-23-7-11(4-19)22-15(23)9-1-2-12(17)13(18)3-9/h1-3,5-7H,8H2. The van der Waals surface area contributed by atoms with Crippen molar-refractivity contribution >= 4 is 11.6 Å². The fourth-order valence-electron chi connectivity index (χ4n) is 2.03. The Balaban J connectivity index is 2.03. The summed E-state index contributed by atoms with van der Waals surface area (Å²) < 4.78 is 28.1. The molecule has 0 amide bonds. The number of aromatic nitrogens is 4. The van der Waals surface area contributed by atoms with Gasteiger partial charge < -0.3 is 4.57 Å². The number of benzene rings is 1. The summed E-state index contributed by atoms with van der Waals surface area (Å²) in [5.74, 6) is -1.18. The molecule has 5 nitrogen and oxygen atoms in total. The van der Waals surface area contributed by atoms with E-state index in [9.17, 15) is 8.78 Å². The van der Waals surface area contributed by atoms with E-state index in [1.165, 1.54) is 24.7 Å². The average Bonchev–Trinajstić information content (AvgIpc) is 2.95. The number of halogens is 3. The van der Waals surface area contributed by atoms with Crippen molar-refractivity contribution < 1.29 is 8.78 Å². The van der Waals surface area contributed by atoms with E-state index in [2.05, 4.69) is 15.0 Å². The van der Waals surface area contributed by atoms with Crippen LogP contribution in [0.4, 0.5) is 8.78 Å². The summed E-state index contributed by atoms with van der Waals surface area (Å²) in [7, 11) is 0. The van der Waals surface area contributed by atoms with E-state index in [0.29, 0.717) is 22.2 Å². The third-order valence-electron chi connectivity index (χ3n) is 3.05. The molecule has 23 heavy (non-hydrogen) atoms. The topological polar surface area (TPSA) is 67.4 Å². The highest BCUT2D eigenvalue weighted by molar-refractivity contribution is 6.30. The predicted octanol–water partition coefficient (Wildman–Crippen LogP) is 3.19. The first-order valence-electron chi connectivity index (χ1n) is 6.46. The summed E-state index contributed by atoms with van der Waals surface area (Å²) in [5, 5.41) is 9.42. The Hall–Kier alpha value is -2.85. The maximum atomic E-state index is 13.4. The largest absolute Gasteiger partial charge is 0.322 e. The van der Waals surface area contributed by atoms with Crippen molar-refractivity contribution in [2.24, 2.45) is 0 Å². The molecule has 0 radical (unpaired) electrons. The first-order valence-corrected chi connectivity index (χ1v) is 6.83. The van der Waals surface area contributed by atoms with E-state index >= 15 is 0 Å². The fourth-order valence-corrected chi connectivity index (χ4v) is 2.13. The van der Waals surface area contributed by atoms with Gasteiger partial charge in [-0.15, -0.1) is 0 Å². The molecule has 2 aromatic heterocycles. The molecule has 0 aliphatic rings. The lowest BCUT2D eigenvalue weighted by molar-refractivity contribution is 0.509. The predicted molar refractivity (Wildman–Crippen MR) is 78.4 cm³/mol. The maximum absolute atomic E-state index is 13.4. The van der Waals surface area contributed by atoms with Crippen LogP contribution in [0.5, 0.6) is 0 Å². The molecule has 3 rings (SSSR count). The van der Waals surface area contributed by atoms with Crippen molar-refractivity contribution in [1.29, 1.82) is 5.26 Å². The molecule has 0 saturated carbocycles. The van der Waals surface area contributed by atoms with Gasteiger partial charge in [-0.2, -0.15) is 5.26 Å². The van der Waals surface area contributed by atoms with E-state index in [-0.39, 0.29) is 12.2 Å². The van der Waals surface area contributed by atoms with Gasteiger partial charge in [-0.1, -0.05) is 11.6 Å². The molecule has 0 unspecified atom stereocenters. The van der Waals surface area contributed by atoms with Crippen LogP contribution in [-0.2, 0) is 6.54 Å². The molecule has 0 aliphatic carbocycles. The van der Waals surface area contributed by atoms with Gasteiger partial charge in [0.15, 0.2) is 17.3 Å². The molecular weight excluding hydrogens is 324 g/mol. The van der Waals surface area contributed by atoms with Crippen LogP contribution in [0.25, 0.3) is 11.4 Å². The van der Waals surface area contributed by atoms with Gasteiger partial charge in [0.2, 0.25) is 0 Å². The molecule has 3 aromatic rings. The normalized spacial score (nSPS) is 10.5. The summed E-state index contributed by atoms with van der Waals surface area (Å²) >= 11 is 5.74. The fraction of sp³-hybridized carbons (Fsp3) is 0.0667. The van der Waals surface area contributed by atoms with Crippen molar-refractivity contribution in [1.82, 2.24) is 19.5 Å². The Morgan fingerprint density at radius 3 is 2.57 bits per heavy atom. The zero-order chi connectivity index (χ0) is 16.4. The second-order valence-corrected chi connectivity index (χ2v) is 5.07. The Kier molecular flexibility index (Phi) is 4.00. The number of nitriles is 1. The molecule has 0 aliphatic heterocycles. The summed E-state index contributed by atoms with van der Waals surface area (Å²) in [5.41, 5.74) is 0.498. The van der Waals surface area contributed by atoms with Gasteiger partial charge in [0.25, 0.3) is 0 Å². The summed E-state index contributed by atoms with van der Waals surface area (Å²) in [6.45, 7) is 0.209. The minimum atomic E-state index is -0.988. The van der Waals surface area contributed by atoms with Gasteiger partial charge in [-0.25, -0.2) is 23.7 Å². The molecule has 2 heterocycles. The van der Waals surface area contributed by atoms with Crippen LogP contribution in [0.1, 0.15) is 11.5 Å². The summed E-state index contributed by atoms with van der Waals surface area (Å²) in [6, 6.07) is 5.34. The van der Waals surface area contributed by atoms with Crippen LogP contribution in [0, 0.1) is 23.0 Å². The van der Waals surface area contributed by atoms with E-state index in [1.807, 2.05) is 6.07 Å². The van der Waals surface area contributed by atoms with E-state index in [1.54, 1.807) is 4.57 Å². The first kappa shape index (κ1) is 15.1. The lowest BCUT2D eigenvalue weighted by Gasteiger charge is -2.07. The molecule has 0 bridgehead atoms. The maximum Gasteiger partial charge on any atom is 0.159 e. The lowest BCUT2D eigenvalue weighted by atomic mass is 10.2. The van der Waals surface area contributed by atoms with E-state index < -0.39 is 11.6 Å². The quantitative estimate of drug-likeness (QED) is 0.739. The van der Waals surface area contributed by atoms with Crippen molar-refractivity contribution in [3.05, 3.63) is 65.0 Å². The highest BCUT2D eigenvalue weighted by Gasteiger charge is 2.13. The molecule has 0 spiro atoms. The Labute approximate surface area is 134 Å². The van der Waals surface area contributed by atoms with Gasteiger partial charge in [-0.3, -0.25) is 0 Å². The summed E-state index contributed by atoms with van der Waals surface area (Å²) in [4.78, 5) is 12.2. The third kappa shape index (κ3) is 3.17. The van der Waals surface area contributed by atoms with E-state index in [4.69, 9.17) is 16.9 Å². The van der Waals surface area contributed by atoms with Crippen LogP contribution in [0.2, 0.25) is 5.02 Å². The Bertz CT molecular complexity index is 899. The molecular formula is C15H8ClF2N5. The number of hydrogen-bond donors (Lipinski definition) is 0. The van der Waals surface area contributed by atoms with E-state index in [0.717, 1.165) is 12.1 Å². The molecule has 0 fully saturated rings. The molecule has 0 saturated heterocycles. The average molecular weight is 332 g/mol. The van der Waals surface area contributed by atoms with Crippen LogP contribution in [0.15, 0.2) is 36.8 Å². The Morgan fingerprint density at radius 2 is 1.91 bits per heavy atom. The zero-order valence-electron chi connectivity index (χ0n) is 11.5. The highest BCUT2D eigenvalue weighted by Crippen LogP contribution is 2.22. The first-order chi connectivity index (χ1) is 11.1. The third-order valence-corrected chi connectivity index (χ3v) is 3.25. The van der Waals surface area contributed by atoms with Crippen molar-refractivity contribution in [2.75, 3.05) is 0 Å². The molecule has 114 valence electrons. The second-order valence-electron chi connectivity index (χ2n) is 4.64. The number of imidazole rings is 1. The SMILES string of the molecule is N#Cc1cn(Cc2ncc(Cl)cn2)c(-c2ccc(F)c(F)c2)n1. The van der Waals surface area contributed by atoms with Crippen LogP contribution in [-0.4, -0.2) is 19.5 Å². The lowest BCUT2D eigenvalue weighted by Crippen LogP contribution is -2.05. The number of nitrogens with zero attached hydrogens (tertiary/aromatic N) is 5. The number of rotatable bonds is 3. The monoisotopic (exact) mass is 331 g/mol. The van der Waals surface area contributed by atoms with Gasteiger partial charge in [-0.05, 0) is 18.2 Å². The van der Waals surface area contributed by atoms with Crippen LogP contribution < -0.4 is 0 Å². The molecule has 0 atom stereocenters. The Morgan fingerprint density at radius 1 is 1.17 bits per heavy atom. The van der Waals surface area contributed by atoms with Crippen LogP contribution in [0.3, 0.4) is 0 Å². The zero-order valence-corrected chi connectivity index (χ0v) is 12.3. The highest BCUT2D eigenvalue weighted by atomic mass is 35.5. The smallest absolute Gasteiger partial charge is 0.159 e. The molecule has 8 heteroatoms. The number of hydrogen-bond acceptors (Lipinski definition) is 4.